The summed E-state index contributed by atoms with van der Waals surface area (Å²) in [5.74, 6) is 0.905. The van der Waals surface area contributed by atoms with Crippen molar-refractivity contribution in [3.8, 4) is 17.6 Å². The van der Waals surface area contributed by atoms with Crippen LogP contribution in [0.4, 0.5) is 0 Å². The normalized spacial score (nSPS) is 15.2. The van der Waals surface area contributed by atoms with E-state index >= 15 is 0 Å². The number of hydrogen-bond donors (Lipinski definition) is 1. The summed E-state index contributed by atoms with van der Waals surface area (Å²) in [6.45, 7) is 3.63. The lowest BCUT2D eigenvalue weighted by atomic mass is 10.1. The van der Waals surface area contributed by atoms with Crippen LogP contribution in [0, 0.1) is 25.2 Å². The Bertz CT molecular complexity index is 945. The average Bonchev–Trinajstić information content (AvgIpc) is 2.65. The first-order valence-corrected chi connectivity index (χ1v) is 8.13. The molecule has 0 saturated carbocycles. The molecule has 0 unspecified atom stereocenters. The summed E-state index contributed by atoms with van der Waals surface area (Å²) < 4.78 is 12.3. The Morgan fingerprint density at radius 3 is 2.85 bits per heavy atom. The van der Waals surface area contributed by atoms with Crippen molar-refractivity contribution in [2.24, 2.45) is 0 Å². The van der Waals surface area contributed by atoms with Crippen LogP contribution in [-0.4, -0.2) is 34.9 Å². The van der Waals surface area contributed by atoms with Gasteiger partial charge < -0.3 is 14.8 Å². The van der Waals surface area contributed by atoms with Crippen LogP contribution in [0.5, 0.6) is 11.5 Å². The van der Waals surface area contributed by atoms with Crippen LogP contribution in [0.3, 0.4) is 0 Å². The van der Waals surface area contributed by atoms with Gasteiger partial charge in [-0.3, -0.25) is 9.59 Å². The van der Waals surface area contributed by atoms with Gasteiger partial charge in [0.15, 0.2) is 11.5 Å². The van der Waals surface area contributed by atoms with E-state index in [9.17, 15) is 9.59 Å². The molecule has 0 bridgehead atoms. The minimum absolute atomic E-state index is 0.00548. The van der Waals surface area contributed by atoms with Crippen LogP contribution in [0.2, 0.25) is 0 Å². The van der Waals surface area contributed by atoms with Crippen LogP contribution in [0.1, 0.15) is 16.8 Å². The van der Waals surface area contributed by atoms with Gasteiger partial charge in [0.1, 0.15) is 30.9 Å². The number of aryl methyl sites for hydroxylation is 1. The lowest BCUT2D eigenvalue weighted by Gasteiger charge is -2.26. The van der Waals surface area contributed by atoms with Gasteiger partial charge in [0.2, 0.25) is 5.91 Å². The van der Waals surface area contributed by atoms with E-state index < -0.39 is 11.5 Å². The molecule has 8 heteroatoms. The third-order valence-electron chi connectivity index (χ3n) is 4.14. The standard InChI is InChI=1S/C18H18N4O4/c1-11-12(2)21-22(18(24)14(11)7-19)9-17(23)20-8-13-10-25-15-5-3-4-6-16(15)26-13/h3-6,13H,8-10H2,1-2H3,(H,20,23)/t13-/m1/s1. The largest absolute Gasteiger partial charge is 0.486 e. The highest BCUT2D eigenvalue weighted by Crippen LogP contribution is 2.30. The van der Waals surface area contributed by atoms with Crippen molar-refractivity contribution in [2.45, 2.75) is 26.5 Å². The molecule has 1 amide bonds. The zero-order valence-electron chi connectivity index (χ0n) is 14.5. The zero-order chi connectivity index (χ0) is 18.7. The number of nitriles is 1. The highest BCUT2D eigenvalue weighted by atomic mass is 16.6. The number of fused-ring (bicyclic) bond motifs is 1. The van der Waals surface area contributed by atoms with Crippen LogP contribution >= 0.6 is 0 Å². The molecule has 2 aromatic rings. The van der Waals surface area contributed by atoms with Crippen molar-refractivity contribution in [3.05, 3.63) is 51.4 Å². The van der Waals surface area contributed by atoms with E-state index in [0.29, 0.717) is 29.4 Å². The van der Waals surface area contributed by atoms with Gasteiger partial charge in [-0.25, -0.2) is 4.68 Å². The van der Waals surface area contributed by atoms with E-state index in [2.05, 4.69) is 10.4 Å². The van der Waals surface area contributed by atoms with Crippen molar-refractivity contribution >= 4 is 5.91 Å². The molecule has 1 N–H and O–H groups in total. The monoisotopic (exact) mass is 354 g/mol. The summed E-state index contributed by atoms with van der Waals surface area (Å²) in [6.07, 6.45) is -0.326. The van der Waals surface area contributed by atoms with E-state index in [4.69, 9.17) is 14.7 Å². The highest BCUT2D eigenvalue weighted by Gasteiger charge is 2.21. The second-order valence-electron chi connectivity index (χ2n) is 5.96. The predicted octanol–water partition coefficient (Wildman–Crippen LogP) is 0.688. The molecular weight excluding hydrogens is 336 g/mol. The van der Waals surface area contributed by atoms with Crippen molar-refractivity contribution in [1.82, 2.24) is 15.1 Å². The Kier molecular flexibility index (Phi) is 4.89. The van der Waals surface area contributed by atoms with Gasteiger partial charge in [-0.2, -0.15) is 10.4 Å². The SMILES string of the molecule is Cc1nn(CC(=O)NC[C@@H]2COc3ccccc3O2)c(=O)c(C#N)c1C. The lowest BCUT2D eigenvalue weighted by molar-refractivity contribution is -0.122. The summed E-state index contributed by atoms with van der Waals surface area (Å²) >= 11 is 0. The quantitative estimate of drug-likeness (QED) is 0.866. The first-order valence-electron chi connectivity index (χ1n) is 8.13. The number of hydrogen-bond acceptors (Lipinski definition) is 6. The van der Waals surface area contributed by atoms with E-state index in [1.165, 1.54) is 0 Å². The minimum Gasteiger partial charge on any atom is -0.486 e. The molecule has 2 heterocycles. The zero-order valence-corrected chi connectivity index (χ0v) is 14.5. The number of nitrogens with zero attached hydrogens (tertiary/aromatic N) is 3. The van der Waals surface area contributed by atoms with Crippen molar-refractivity contribution in [2.75, 3.05) is 13.2 Å². The number of amides is 1. The van der Waals surface area contributed by atoms with Gasteiger partial charge in [-0.05, 0) is 31.5 Å². The number of aromatic nitrogens is 2. The molecule has 134 valence electrons. The molecule has 0 spiro atoms. The van der Waals surface area contributed by atoms with E-state index in [1.54, 1.807) is 19.9 Å². The van der Waals surface area contributed by atoms with Gasteiger partial charge >= 0.3 is 0 Å². The fourth-order valence-corrected chi connectivity index (χ4v) is 2.59. The summed E-state index contributed by atoms with van der Waals surface area (Å²) in [7, 11) is 0. The fourth-order valence-electron chi connectivity index (χ4n) is 2.59. The van der Waals surface area contributed by atoms with Gasteiger partial charge in [0, 0.05) is 0 Å². The number of benzene rings is 1. The number of nitrogens with one attached hydrogen (secondary N) is 1. The molecule has 1 aromatic carbocycles. The second-order valence-corrected chi connectivity index (χ2v) is 5.96. The Hall–Kier alpha value is -3.34. The Labute approximate surface area is 150 Å². The molecule has 3 rings (SSSR count). The van der Waals surface area contributed by atoms with Crippen molar-refractivity contribution in [3.63, 3.8) is 0 Å². The number of ether oxygens (including phenoxy) is 2. The number of para-hydroxylation sites is 2. The first-order chi connectivity index (χ1) is 12.5. The average molecular weight is 354 g/mol. The number of rotatable bonds is 4. The van der Waals surface area contributed by atoms with Gasteiger partial charge in [0.25, 0.3) is 5.56 Å². The molecule has 26 heavy (non-hydrogen) atoms. The molecule has 0 radical (unpaired) electrons. The molecule has 0 aliphatic carbocycles. The number of carbonyl (C=O) groups excluding carboxylic acids is 1. The number of carbonyl (C=O) groups is 1. The summed E-state index contributed by atoms with van der Waals surface area (Å²) in [6, 6.07) is 9.18. The summed E-state index contributed by atoms with van der Waals surface area (Å²) in [5, 5.41) is 15.9. The molecule has 0 saturated heterocycles. The summed E-state index contributed by atoms with van der Waals surface area (Å²) in [5.41, 5.74) is 0.498. The fraction of sp³-hybridized carbons (Fsp3) is 0.333. The maximum absolute atomic E-state index is 12.2. The lowest BCUT2D eigenvalue weighted by Crippen LogP contribution is -2.43. The van der Waals surface area contributed by atoms with Gasteiger partial charge in [-0.15, -0.1) is 0 Å². The Morgan fingerprint density at radius 1 is 1.38 bits per heavy atom. The third kappa shape index (κ3) is 3.52. The Morgan fingerprint density at radius 2 is 2.12 bits per heavy atom. The van der Waals surface area contributed by atoms with E-state index in [1.807, 2.05) is 24.3 Å². The molecule has 1 aliphatic heterocycles. The summed E-state index contributed by atoms with van der Waals surface area (Å²) in [4.78, 5) is 24.4. The maximum Gasteiger partial charge on any atom is 0.285 e. The molecule has 8 nitrogen and oxygen atoms in total. The highest BCUT2D eigenvalue weighted by molar-refractivity contribution is 5.75. The topological polar surface area (TPSA) is 106 Å². The van der Waals surface area contributed by atoms with Crippen LogP contribution in [0.25, 0.3) is 0 Å². The molecule has 1 aliphatic rings. The molecule has 1 aromatic heterocycles. The second kappa shape index (κ2) is 7.27. The maximum atomic E-state index is 12.2. The molecule has 1 atom stereocenters. The van der Waals surface area contributed by atoms with Gasteiger partial charge in [-0.1, -0.05) is 12.1 Å². The molecular formula is C18H18N4O4. The first kappa shape index (κ1) is 17.5. The van der Waals surface area contributed by atoms with Gasteiger partial charge in [0.05, 0.1) is 12.2 Å². The van der Waals surface area contributed by atoms with Crippen molar-refractivity contribution < 1.29 is 14.3 Å². The van der Waals surface area contributed by atoms with E-state index in [-0.39, 0.29) is 24.8 Å². The molecule has 0 fully saturated rings. The smallest absolute Gasteiger partial charge is 0.285 e. The van der Waals surface area contributed by atoms with Crippen LogP contribution in [0.15, 0.2) is 29.1 Å². The minimum atomic E-state index is -0.572. The van der Waals surface area contributed by atoms with Crippen LogP contribution in [-0.2, 0) is 11.3 Å². The third-order valence-corrected chi connectivity index (χ3v) is 4.14. The van der Waals surface area contributed by atoms with Crippen molar-refractivity contribution in [1.29, 1.82) is 5.26 Å². The Balaban J connectivity index is 1.62. The predicted molar refractivity (Wildman–Crippen MR) is 92.0 cm³/mol. The van der Waals surface area contributed by atoms with Crippen LogP contribution < -0.4 is 20.3 Å². The van der Waals surface area contributed by atoms with E-state index in [0.717, 1.165) is 4.68 Å².